The lowest BCUT2D eigenvalue weighted by Crippen LogP contribution is -2.26. The second-order valence-electron chi connectivity index (χ2n) is 6.76. The van der Waals surface area contributed by atoms with E-state index < -0.39 is 0 Å². The largest absolute Gasteiger partial charge is 0.372 e. The molecule has 1 heterocycles. The highest BCUT2D eigenvalue weighted by molar-refractivity contribution is 9.09. The molecular weight excluding hydrogens is 331 g/mol. The van der Waals surface area contributed by atoms with E-state index in [9.17, 15) is 4.39 Å². The van der Waals surface area contributed by atoms with Crippen LogP contribution in [0.25, 0.3) is 0 Å². The van der Waals surface area contributed by atoms with Gasteiger partial charge in [-0.15, -0.1) is 0 Å². The lowest BCUT2D eigenvalue weighted by molar-refractivity contribution is -0.0431. The van der Waals surface area contributed by atoms with E-state index in [0.29, 0.717) is 12.0 Å². The van der Waals surface area contributed by atoms with Crippen LogP contribution in [0.5, 0.6) is 0 Å². The molecule has 0 radical (unpaired) electrons. The number of halogens is 2. The fourth-order valence-corrected chi connectivity index (χ4v) is 4.47. The molecule has 1 aromatic rings. The van der Waals surface area contributed by atoms with E-state index in [0.717, 1.165) is 18.2 Å². The molecule has 1 aliphatic heterocycles. The van der Waals surface area contributed by atoms with E-state index in [1.165, 1.54) is 44.1 Å². The van der Waals surface area contributed by atoms with Crippen LogP contribution in [0.15, 0.2) is 24.3 Å². The quantitative estimate of drug-likeness (QED) is 0.655. The van der Waals surface area contributed by atoms with E-state index in [-0.39, 0.29) is 11.4 Å². The monoisotopic (exact) mass is 354 g/mol. The molecule has 2 atom stereocenters. The van der Waals surface area contributed by atoms with Crippen molar-refractivity contribution in [3.63, 3.8) is 0 Å². The van der Waals surface area contributed by atoms with Crippen LogP contribution in [0.1, 0.15) is 50.5 Å². The Morgan fingerprint density at radius 2 is 1.90 bits per heavy atom. The maximum Gasteiger partial charge on any atom is 0.123 e. The van der Waals surface area contributed by atoms with Crippen LogP contribution in [0, 0.1) is 11.7 Å². The molecule has 0 bridgehead atoms. The van der Waals surface area contributed by atoms with Gasteiger partial charge >= 0.3 is 0 Å². The van der Waals surface area contributed by atoms with E-state index >= 15 is 0 Å². The van der Waals surface area contributed by atoms with Crippen LogP contribution < -0.4 is 0 Å². The van der Waals surface area contributed by atoms with Gasteiger partial charge in [-0.1, -0.05) is 40.9 Å². The van der Waals surface area contributed by atoms with E-state index in [4.69, 9.17) is 4.74 Å². The average Bonchev–Trinajstić information content (AvgIpc) is 3.11. The summed E-state index contributed by atoms with van der Waals surface area (Å²) in [4.78, 5) is 0. The van der Waals surface area contributed by atoms with Gasteiger partial charge < -0.3 is 4.74 Å². The summed E-state index contributed by atoms with van der Waals surface area (Å²) in [7, 11) is 0. The van der Waals surface area contributed by atoms with Gasteiger partial charge in [0.05, 0.1) is 11.7 Å². The second kappa shape index (κ2) is 6.78. The molecule has 3 heteroatoms. The number of hydrogen-bond donors (Lipinski definition) is 0. The molecule has 2 aliphatic rings. The van der Waals surface area contributed by atoms with Gasteiger partial charge in [0, 0.05) is 5.33 Å². The maximum absolute atomic E-state index is 13.0. The standard InChI is InChI=1S/C18H24BrFO/c19-13-15(11-14-3-5-16(20)6-4-14)12-17-7-10-18(21-17)8-1-2-9-18/h3-6,15,17H,1-2,7-13H2. The van der Waals surface area contributed by atoms with E-state index in [1.807, 2.05) is 12.1 Å². The lowest BCUT2D eigenvalue weighted by atomic mass is 9.93. The van der Waals surface area contributed by atoms with Gasteiger partial charge in [-0.25, -0.2) is 4.39 Å². The van der Waals surface area contributed by atoms with Crippen molar-refractivity contribution in [2.24, 2.45) is 5.92 Å². The Balaban J connectivity index is 1.54. The van der Waals surface area contributed by atoms with Crippen LogP contribution in [0.2, 0.25) is 0 Å². The van der Waals surface area contributed by atoms with E-state index in [2.05, 4.69) is 15.9 Å². The first-order chi connectivity index (χ1) is 10.2. The Labute approximate surface area is 135 Å². The van der Waals surface area contributed by atoms with Gasteiger partial charge in [0.25, 0.3) is 0 Å². The molecule has 0 aromatic heterocycles. The summed E-state index contributed by atoms with van der Waals surface area (Å²) in [6.07, 6.45) is 10.2. The molecule has 3 rings (SSSR count). The maximum atomic E-state index is 13.0. The molecule has 116 valence electrons. The number of rotatable bonds is 5. The summed E-state index contributed by atoms with van der Waals surface area (Å²) in [5.41, 5.74) is 1.45. The summed E-state index contributed by atoms with van der Waals surface area (Å²) in [6.45, 7) is 0. The minimum absolute atomic E-state index is 0.156. The number of alkyl halides is 1. The number of ether oxygens (including phenoxy) is 1. The minimum atomic E-state index is -0.156. The van der Waals surface area contributed by atoms with Crippen molar-refractivity contribution in [1.29, 1.82) is 0 Å². The van der Waals surface area contributed by atoms with Gasteiger partial charge in [0.2, 0.25) is 0 Å². The first-order valence-electron chi connectivity index (χ1n) is 8.17. The van der Waals surface area contributed by atoms with Crippen molar-refractivity contribution in [2.45, 2.75) is 63.1 Å². The number of benzene rings is 1. The Morgan fingerprint density at radius 1 is 1.19 bits per heavy atom. The smallest absolute Gasteiger partial charge is 0.123 e. The Kier molecular flexibility index (Phi) is 5.00. The zero-order chi connectivity index (χ0) is 14.7. The molecule has 2 fully saturated rings. The zero-order valence-corrected chi connectivity index (χ0v) is 14.1. The summed E-state index contributed by atoms with van der Waals surface area (Å²) in [5.74, 6) is 0.411. The molecule has 1 aromatic carbocycles. The van der Waals surface area contributed by atoms with Gasteiger partial charge in [0.15, 0.2) is 0 Å². The van der Waals surface area contributed by atoms with Crippen LogP contribution in [-0.4, -0.2) is 17.0 Å². The van der Waals surface area contributed by atoms with Crippen LogP contribution in [0.4, 0.5) is 4.39 Å². The van der Waals surface area contributed by atoms with Gasteiger partial charge in [-0.2, -0.15) is 0 Å². The normalized spacial score (nSPS) is 25.5. The molecule has 1 saturated carbocycles. The Bertz CT molecular complexity index is 453. The van der Waals surface area contributed by atoms with Crippen LogP contribution in [0.3, 0.4) is 0 Å². The highest BCUT2D eigenvalue weighted by Gasteiger charge is 2.42. The third-order valence-electron chi connectivity index (χ3n) is 5.11. The fraction of sp³-hybridized carbons (Fsp3) is 0.667. The minimum Gasteiger partial charge on any atom is -0.372 e. The van der Waals surface area contributed by atoms with Gasteiger partial charge in [0.1, 0.15) is 5.82 Å². The first kappa shape index (κ1) is 15.5. The zero-order valence-electron chi connectivity index (χ0n) is 12.5. The molecule has 21 heavy (non-hydrogen) atoms. The molecule has 1 spiro atoms. The molecular formula is C18H24BrFO. The highest BCUT2D eigenvalue weighted by atomic mass is 79.9. The Morgan fingerprint density at radius 3 is 2.57 bits per heavy atom. The molecule has 0 N–H and O–H groups in total. The summed E-state index contributed by atoms with van der Waals surface area (Å²) in [6, 6.07) is 6.92. The van der Waals surface area contributed by atoms with Crippen molar-refractivity contribution < 1.29 is 9.13 Å². The predicted octanol–water partition coefficient (Wildman–Crippen LogP) is 5.26. The second-order valence-corrected chi connectivity index (χ2v) is 7.40. The summed E-state index contributed by atoms with van der Waals surface area (Å²) in [5, 5.41) is 0.983. The first-order valence-corrected chi connectivity index (χ1v) is 9.29. The van der Waals surface area contributed by atoms with E-state index in [1.54, 1.807) is 12.1 Å². The van der Waals surface area contributed by atoms with Crippen LogP contribution in [-0.2, 0) is 11.2 Å². The Hall–Kier alpha value is -0.410. The van der Waals surface area contributed by atoms with Gasteiger partial charge in [-0.05, 0) is 62.1 Å². The lowest BCUT2D eigenvalue weighted by Gasteiger charge is -2.25. The predicted molar refractivity (Wildman–Crippen MR) is 87.3 cm³/mol. The molecule has 2 unspecified atom stereocenters. The van der Waals surface area contributed by atoms with Crippen molar-refractivity contribution in [2.75, 3.05) is 5.33 Å². The van der Waals surface area contributed by atoms with Crippen molar-refractivity contribution in [3.8, 4) is 0 Å². The van der Waals surface area contributed by atoms with Crippen LogP contribution >= 0.6 is 15.9 Å². The summed E-state index contributed by atoms with van der Waals surface area (Å²) >= 11 is 3.64. The SMILES string of the molecule is Fc1ccc(CC(CBr)CC2CCC3(CCCC3)O2)cc1. The molecule has 0 amide bonds. The highest BCUT2D eigenvalue weighted by Crippen LogP contribution is 2.44. The molecule has 1 nitrogen and oxygen atoms in total. The van der Waals surface area contributed by atoms with Gasteiger partial charge in [-0.3, -0.25) is 0 Å². The molecule has 1 saturated heterocycles. The number of hydrogen-bond acceptors (Lipinski definition) is 1. The third-order valence-corrected chi connectivity index (χ3v) is 6.02. The topological polar surface area (TPSA) is 9.23 Å². The fourth-order valence-electron chi connectivity index (χ4n) is 3.98. The van der Waals surface area contributed by atoms with Crippen molar-refractivity contribution in [1.82, 2.24) is 0 Å². The van der Waals surface area contributed by atoms with Crippen molar-refractivity contribution >= 4 is 15.9 Å². The van der Waals surface area contributed by atoms with Crippen molar-refractivity contribution in [3.05, 3.63) is 35.6 Å². The molecule has 1 aliphatic carbocycles. The average molecular weight is 355 g/mol. The third kappa shape index (κ3) is 3.87. The summed E-state index contributed by atoms with van der Waals surface area (Å²) < 4.78 is 19.4.